The lowest BCUT2D eigenvalue weighted by Gasteiger charge is -2.19. The van der Waals surface area contributed by atoms with Gasteiger partial charge in [0.25, 0.3) is 0 Å². The monoisotopic (exact) mass is 270 g/mol. The Morgan fingerprint density at radius 2 is 1.90 bits per heavy atom. The Morgan fingerprint density at radius 1 is 1.10 bits per heavy atom. The van der Waals surface area contributed by atoms with Crippen molar-refractivity contribution < 1.29 is 4.39 Å². The number of benzene rings is 2. The van der Waals surface area contributed by atoms with E-state index >= 15 is 0 Å². The summed E-state index contributed by atoms with van der Waals surface area (Å²) in [4.78, 5) is 0. The summed E-state index contributed by atoms with van der Waals surface area (Å²) in [6, 6.07) is 15.6. The molecule has 0 radical (unpaired) electrons. The largest absolute Gasteiger partial charge is 0.313 e. The third kappa shape index (κ3) is 3.06. The number of rotatable bonds is 3. The molecule has 2 nitrogen and oxygen atoms in total. The molecule has 0 spiro atoms. The van der Waals surface area contributed by atoms with Gasteiger partial charge < -0.3 is 10.6 Å². The van der Waals surface area contributed by atoms with Crippen LogP contribution in [0.25, 0.3) is 0 Å². The van der Waals surface area contributed by atoms with Gasteiger partial charge in [-0.25, -0.2) is 4.39 Å². The lowest BCUT2D eigenvalue weighted by molar-refractivity contribution is 0.495. The molecule has 1 unspecified atom stereocenters. The van der Waals surface area contributed by atoms with Crippen LogP contribution in [-0.4, -0.2) is 6.54 Å². The second-order valence-corrected chi connectivity index (χ2v) is 5.22. The molecule has 1 heterocycles. The maximum absolute atomic E-state index is 12.9. The smallest absolute Gasteiger partial charge is 0.123 e. The van der Waals surface area contributed by atoms with E-state index in [1.807, 2.05) is 12.1 Å². The van der Waals surface area contributed by atoms with Gasteiger partial charge in [-0.15, -0.1) is 0 Å². The van der Waals surface area contributed by atoms with Gasteiger partial charge in [-0.05, 0) is 41.8 Å². The van der Waals surface area contributed by atoms with Crippen LogP contribution in [0.3, 0.4) is 0 Å². The highest BCUT2D eigenvalue weighted by Crippen LogP contribution is 2.23. The average Bonchev–Trinajstić information content (AvgIpc) is 2.69. The van der Waals surface area contributed by atoms with Crippen LogP contribution >= 0.6 is 0 Å². The summed E-state index contributed by atoms with van der Waals surface area (Å²) >= 11 is 0. The second kappa shape index (κ2) is 6.16. The van der Waals surface area contributed by atoms with E-state index in [4.69, 9.17) is 0 Å². The minimum absolute atomic E-state index is 0.183. The summed E-state index contributed by atoms with van der Waals surface area (Å²) in [6.45, 7) is 2.71. The molecule has 0 aromatic heterocycles. The van der Waals surface area contributed by atoms with Crippen LogP contribution in [0, 0.1) is 5.82 Å². The number of hydrogen-bond acceptors (Lipinski definition) is 2. The first-order valence-electron chi connectivity index (χ1n) is 7.09. The predicted molar refractivity (Wildman–Crippen MR) is 78.7 cm³/mol. The van der Waals surface area contributed by atoms with Crippen molar-refractivity contribution in [1.29, 1.82) is 0 Å². The van der Waals surface area contributed by atoms with Gasteiger partial charge in [0.1, 0.15) is 5.82 Å². The van der Waals surface area contributed by atoms with Gasteiger partial charge in [-0.2, -0.15) is 0 Å². The zero-order valence-electron chi connectivity index (χ0n) is 11.4. The average molecular weight is 270 g/mol. The highest BCUT2D eigenvalue weighted by atomic mass is 19.1. The number of fused-ring (bicyclic) bond motifs is 1. The SMILES string of the molecule is Fc1ccc(CNC2CCNCc3ccccc32)cc1. The van der Waals surface area contributed by atoms with E-state index in [9.17, 15) is 4.39 Å². The Balaban J connectivity index is 1.72. The van der Waals surface area contributed by atoms with Gasteiger partial charge in [0.15, 0.2) is 0 Å². The molecule has 2 N–H and O–H groups in total. The summed E-state index contributed by atoms with van der Waals surface area (Å²) in [5, 5.41) is 7.04. The van der Waals surface area contributed by atoms with Crippen LogP contribution < -0.4 is 10.6 Å². The van der Waals surface area contributed by atoms with E-state index in [1.54, 1.807) is 0 Å². The molecule has 3 rings (SSSR count). The number of halogens is 1. The topological polar surface area (TPSA) is 24.1 Å². The van der Waals surface area contributed by atoms with Crippen LogP contribution in [0.15, 0.2) is 48.5 Å². The Labute approximate surface area is 119 Å². The highest BCUT2D eigenvalue weighted by molar-refractivity contribution is 5.31. The van der Waals surface area contributed by atoms with Gasteiger partial charge in [-0.3, -0.25) is 0 Å². The molecule has 1 atom stereocenters. The molecule has 2 aromatic carbocycles. The Bertz CT molecular complexity index is 565. The molecule has 1 aliphatic rings. The molecule has 0 bridgehead atoms. The van der Waals surface area contributed by atoms with Crippen LogP contribution in [-0.2, 0) is 13.1 Å². The van der Waals surface area contributed by atoms with E-state index in [0.29, 0.717) is 6.04 Å². The molecular formula is C17H19FN2. The molecule has 104 valence electrons. The molecule has 0 aliphatic carbocycles. The van der Waals surface area contributed by atoms with Crippen LogP contribution in [0.2, 0.25) is 0 Å². The van der Waals surface area contributed by atoms with E-state index < -0.39 is 0 Å². The Hall–Kier alpha value is -1.71. The summed E-state index contributed by atoms with van der Waals surface area (Å²) in [6.07, 6.45) is 1.07. The lowest BCUT2D eigenvalue weighted by atomic mass is 9.99. The first kappa shape index (κ1) is 13.3. The second-order valence-electron chi connectivity index (χ2n) is 5.22. The van der Waals surface area contributed by atoms with Crippen LogP contribution in [0.4, 0.5) is 4.39 Å². The van der Waals surface area contributed by atoms with Crippen molar-refractivity contribution >= 4 is 0 Å². The van der Waals surface area contributed by atoms with Crippen molar-refractivity contribution in [2.75, 3.05) is 6.54 Å². The maximum Gasteiger partial charge on any atom is 0.123 e. The zero-order valence-corrected chi connectivity index (χ0v) is 11.4. The molecule has 20 heavy (non-hydrogen) atoms. The molecule has 0 saturated carbocycles. The highest BCUT2D eigenvalue weighted by Gasteiger charge is 2.17. The molecule has 0 amide bonds. The first-order chi connectivity index (χ1) is 9.83. The van der Waals surface area contributed by atoms with Crippen molar-refractivity contribution in [3.63, 3.8) is 0 Å². The summed E-state index contributed by atoms with van der Waals surface area (Å²) < 4.78 is 12.9. The van der Waals surface area contributed by atoms with Crippen molar-refractivity contribution in [3.8, 4) is 0 Å². The standard InChI is InChI=1S/C17H19FN2/c18-15-7-5-13(6-8-15)11-20-17-9-10-19-12-14-3-1-2-4-16(14)17/h1-8,17,19-20H,9-12H2. The molecule has 0 fully saturated rings. The van der Waals surface area contributed by atoms with Crippen molar-refractivity contribution in [2.24, 2.45) is 0 Å². The zero-order chi connectivity index (χ0) is 13.8. The minimum atomic E-state index is -0.183. The van der Waals surface area contributed by atoms with Crippen LogP contribution in [0.1, 0.15) is 29.2 Å². The first-order valence-corrected chi connectivity index (χ1v) is 7.09. The normalized spacial score (nSPS) is 18.4. The lowest BCUT2D eigenvalue weighted by Crippen LogP contribution is -2.22. The van der Waals surface area contributed by atoms with Gasteiger partial charge in [-0.1, -0.05) is 36.4 Å². The summed E-state index contributed by atoms with van der Waals surface area (Å²) in [5.74, 6) is -0.183. The van der Waals surface area contributed by atoms with Crippen LogP contribution in [0.5, 0.6) is 0 Å². The van der Waals surface area contributed by atoms with Crippen molar-refractivity contribution in [1.82, 2.24) is 10.6 Å². The third-order valence-electron chi connectivity index (χ3n) is 3.82. The summed E-state index contributed by atoms with van der Waals surface area (Å²) in [7, 11) is 0. The fraction of sp³-hybridized carbons (Fsp3) is 0.294. The number of nitrogens with one attached hydrogen (secondary N) is 2. The third-order valence-corrected chi connectivity index (χ3v) is 3.82. The van der Waals surface area contributed by atoms with Gasteiger partial charge in [0.05, 0.1) is 0 Å². The molecule has 3 heteroatoms. The minimum Gasteiger partial charge on any atom is -0.313 e. The fourth-order valence-electron chi connectivity index (χ4n) is 2.72. The number of hydrogen-bond donors (Lipinski definition) is 2. The maximum atomic E-state index is 12.9. The van der Waals surface area contributed by atoms with E-state index in [2.05, 4.69) is 34.9 Å². The molecule has 0 saturated heterocycles. The predicted octanol–water partition coefficient (Wildman–Crippen LogP) is 3.15. The molecule has 2 aromatic rings. The Kier molecular flexibility index (Phi) is 4.09. The Morgan fingerprint density at radius 3 is 2.75 bits per heavy atom. The van der Waals surface area contributed by atoms with Gasteiger partial charge >= 0.3 is 0 Å². The molecular weight excluding hydrogens is 251 g/mol. The van der Waals surface area contributed by atoms with Gasteiger partial charge in [0.2, 0.25) is 0 Å². The van der Waals surface area contributed by atoms with Crippen molar-refractivity contribution in [2.45, 2.75) is 25.6 Å². The van der Waals surface area contributed by atoms with E-state index in [-0.39, 0.29) is 5.82 Å². The van der Waals surface area contributed by atoms with Gasteiger partial charge in [0, 0.05) is 19.1 Å². The summed E-state index contributed by atoms with van der Waals surface area (Å²) in [5.41, 5.74) is 3.85. The fourth-order valence-corrected chi connectivity index (χ4v) is 2.72. The molecule has 1 aliphatic heterocycles. The van der Waals surface area contributed by atoms with Crippen molar-refractivity contribution in [3.05, 3.63) is 71.0 Å². The quantitative estimate of drug-likeness (QED) is 0.895. The van der Waals surface area contributed by atoms with E-state index in [1.165, 1.54) is 23.3 Å². The van der Waals surface area contributed by atoms with E-state index in [0.717, 1.165) is 31.6 Å².